The fourth-order valence-electron chi connectivity index (χ4n) is 2.32. The van der Waals surface area contributed by atoms with Crippen LogP contribution in [0.25, 0.3) is 0 Å². The minimum absolute atomic E-state index is 0.122. The molecule has 0 aliphatic heterocycles. The van der Waals surface area contributed by atoms with Crippen LogP contribution in [0, 0.1) is 6.92 Å². The van der Waals surface area contributed by atoms with Crippen molar-refractivity contribution in [1.29, 1.82) is 0 Å². The Kier molecular flexibility index (Phi) is 5.81. The summed E-state index contributed by atoms with van der Waals surface area (Å²) in [4.78, 5) is 14.3. The van der Waals surface area contributed by atoms with Gasteiger partial charge in [-0.25, -0.2) is 8.42 Å². The highest BCUT2D eigenvalue weighted by molar-refractivity contribution is 7.89. The topological polar surface area (TPSA) is 78.5 Å². The van der Waals surface area contributed by atoms with E-state index in [0.29, 0.717) is 5.56 Å². The first kappa shape index (κ1) is 19.0. The normalized spacial score (nSPS) is 12.5. The van der Waals surface area contributed by atoms with Gasteiger partial charge in [0.05, 0.1) is 4.90 Å². The summed E-state index contributed by atoms with van der Waals surface area (Å²) in [5.41, 5.74) is 2.49. The third-order valence-electron chi connectivity index (χ3n) is 3.86. The number of aryl methyl sites for hydroxylation is 1. The maximum Gasteiger partial charge on any atom is 0.242 e. The minimum atomic E-state index is -3.83. The minimum Gasteiger partial charge on any atom is -0.378 e. The Morgan fingerprint density at radius 2 is 1.56 bits per heavy atom. The Balaban J connectivity index is 2.34. The van der Waals surface area contributed by atoms with Crippen molar-refractivity contribution >= 4 is 21.6 Å². The summed E-state index contributed by atoms with van der Waals surface area (Å²) in [6.07, 6.45) is 0. The van der Waals surface area contributed by atoms with E-state index in [0.717, 1.165) is 11.3 Å². The zero-order valence-corrected chi connectivity index (χ0v) is 15.6. The van der Waals surface area contributed by atoms with Gasteiger partial charge in [0.2, 0.25) is 15.9 Å². The molecular weight excluding hydrogens is 338 g/mol. The second kappa shape index (κ2) is 7.67. The van der Waals surface area contributed by atoms with Gasteiger partial charge in [-0.1, -0.05) is 29.8 Å². The molecule has 2 aromatic carbocycles. The van der Waals surface area contributed by atoms with Gasteiger partial charge in [0.1, 0.15) is 6.04 Å². The molecule has 0 saturated heterocycles. The van der Waals surface area contributed by atoms with Crippen LogP contribution in [0.4, 0.5) is 5.69 Å². The Hall–Kier alpha value is -2.38. The van der Waals surface area contributed by atoms with Gasteiger partial charge in [-0.2, -0.15) is 4.72 Å². The number of anilines is 1. The molecule has 0 heterocycles. The van der Waals surface area contributed by atoms with Crippen molar-refractivity contribution in [3.63, 3.8) is 0 Å². The summed E-state index contributed by atoms with van der Waals surface area (Å²) in [6.45, 7) is 1.88. The molecule has 0 fully saturated rings. The molecule has 2 N–H and O–H groups in total. The van der Waals surface area contributed by atoms with Crippen LogP contribution in [0.3, 0.4) is 0 Å². The van der Waals surface area contributed by atoms with E-state index in [1.807, 2.05) is 38.1 Å². The van der Waals surface area contributed by atoms with Crippen molar-refractivity contribution in [3.05, 3.63) is 59.7 Å². The van der Waals surface area contributed by atoms with E-state index in [4.69, 9.17) is 0 Å². The van der Waals surface area contributed by atoms with Gasteiger partial charge in [-0.05, 0) is 36.8 Å². The van der Waals surface area contributed by atoms with Gasteiger partial charge in [-0.15, -0.1) is 0 Å². The van der Waals surface area contributed by atoms with Crippen molar-refractivity contribution in [3.8, 4) is 0 Å². The van der Waals surface area contributed by atoms with Gasteiger partial charge in [0, 0.05) is 26.8 Å². The lowest BCUT2D eigenvalue weighted by Crippen LogP contribution is -2.39. The van der Waals surface area contributed by atoms with Crippen LogP contribution in [0.2, 0.25) is 0 Å². The van der Waals surface area contributed by atoms with E-state index < -0.39 is 22.0 Å². The first-order valence-electron chi connectivity index (χ1n) is 7.82. The molecule has 1 amide bonds. The van der Waals surface area contributed by atoms with E-state index in [-0.39, 0.29) is 4.90 Å². The summed E-state index contributed by atoms with van der Waals surface area (Å²) in [5.74, 6) is -0.423. The summed E-state index contributed by atoms with van der Waals surface area (Å²) < 4.78 is 27.7. The van der Waals surface area contributed by atoms with Crippen molar-refractivity contribution in [2.75, 3.05) is 26.0 Å². The number of carbonyl (C=O) groups excluding carboxylic acids is 1. The quantitative estimate of drug-likeness (QED) is 0.823. The van der Waals surface area contributed by atoms with Crippen molar-refractivity contribution < 1.29 is 13.2 Å². The zero-order valence-electron chi connectivity index (χ0n) is 14.8. The molecule has 1 unspecified atom stereocenters. The molecule has 2 rings (SSSR count). The summed E-state index contributed by atoms with van der Waals surface area (Å²) in [7, 11) is 1.46. The summed E-state index contributed by atoms with van der Waals surface area (Å²) in [5, 5.41) is 2.51. The van der Waals surface area contributed by atoms with E-state index >= 15 is 0 Å². The smallest absolute Gasteiger partial charge is 0.242 e. The zero-order chi connectivity index (χ0) is 18.6. The summed E-state index contributed by atoms with van der Waals surface area (Å²) >= 11 is 0. The number of nitrogens with one attached hydrogen (secondary N) is 2. The Bertz CT molecular complexity index is 829. The van der Waals surface area contributed by atoms with E-state index in [2.05, 4.69) is 10.0 Å². The Labute approximate surface area is 148 Å². The molecule has 0 saturated carbocycles. The molecule has 25 heavy (non-hydrogen) atoms. The predicted octanol–water partition coefficient (Wildman–Crippen LogP) is 1.83. The van der Waals surface area contributed by atoms with Gasteiger partial charge in [0.25, 0.3) is 0 Å². The molecule has 0 aromatic heterocycles. The van der Waals surface area contributed by atoms with Crippen molar-refractivity contribution in [2.45, 2.75) is 17.9 Å². The first-order chi connectivity index (χ1) is 11.7. The fourth-order valence-corrected chi connectivity index (χ4v) is 3.51. The second-order valence-electron chi connectivity index (χ2n) is 5.97. The third-order valence-corrected chi connectivity index (χ3v) is 5.29. The van der Waals surface area contributed by atoms with E-state index in [1.54, 1.807) is 24.3 Å². The summed E-state index contributed by atoms with van der Waals surface area (Å²) in [6, 6.07) is 12.6. The largest absolute Gasteiger partial charge is 0.378 e. The average Bonchev–Trinajstić information content (AvgIpc) is 2.59. The fraction of sp³-hybridized carbons (Fsp3) is 0.278. The molecule has 0 bridgehead atoms. The van der Waals surface area contributed by atoms with Crippen LogP contribution in [-0.2, 0) is 14.8 Å². The monoisotopic (exact) mass is 361 g/mol. The molecule has 0 spiro atoms. The maximum absolute atomic E-state index is 12.6. The third kappa shape index (κ3) is 4.58. The number of hydrogen-bond acceptors (Lipinski definition) is 4. The highest BCUT2D eigenvalue weighted by Crippen LogP contribution is 2.21. The molecule has 0 aliphatic rings. The van der Waals surface area contributed by atoms with Crippen molar-refractivity contribution in [2.24, 2.45) is 0 Å². The number of carbonyl (C=O) groups is 1. The lowest BCUT2D eigenvalue weighted by atomic mass is 10.1. The van der Waals surface area contributed by atoms with Crippen LogP contribution < -0.4 is 14.9 Å². The Morgan fingerprint density at radius 3 is 2.04 bits per heavy atom. The predicted molar refractivity (Wildman–Crippen MR) is 99.1 cm³/mol. The highest BCUT2D eigenvalue weighted by Gasteiger charge is 2.26. The Morgan fingerprint density at radius 1 is 1.00 bits per heavy atom. The molecular formula is C18H23N3O3S. The van der Waals surface area contributed by atoms with Crippen LogP contribution in [0.15, 0.2) is 53.4 Å². The molecule has 7 heteroatoms. The SMILES string of the molecule is CNC(=O)C(NS(=O)(=O)c1ccc(C)cc1)c1ccc(N(C)C)cc1. The first-order valence-corrected chi connectivity index (χ1v) is 9.31. The van der Waals surface area contributed by atoms with Crippen LogP contribution in [0.5, 0.6) is 0 Å². The molecule has 2 aromatic rings. The number of sulfonamides is 1. The lowest BCUT2D eigenvalue weighted by molar-refractivity contribution is -0.122. The molecule has 6 nitrogen and oxygen atoms in total. The number of hydrogen-bond donors (Lipinski definition) is 2. The molecule has 1 atom stereocenters. The molecule has 0 radical (unpaired) electrons. The lowest BCUT2D eigenvalue weighted by Gasteiger charge is -2.19. The van der Waals surface area contributed by atoms with Crippen LogP contribution in [-0.4, -0.2) is 35.5 Å². The number of amides is 1. The average molecular weight is 361 g/mol. The van der Waals surface area contributed by atoms with Gasteiger partial charge in [-0.3, -0.25) is 4.79 Å². The standard InChI is InChI=1S/C18H23N3O3S/c1-13-5-11-16(12-6-13)25(23,24)20-17(18(22)19-2)14-7-9-15(10-8-14)21(3)4/h5-12,17,20H,1-4H3,(H,19,22). The van der Waals surface area contributed by atoms with Gasteiger partial charge in [0.15, 0.2) is 0 Å². The van der Waals surface area contributed by atoms with E-state index in [1.165, 1.54) is 19.2 Å². The van der Waals surface area contributed by atoms with Crippen LogP contribution >= 0.6 is 0 Å². The van der Waals surface area contributed by atoms with Crippen LogP contribution in [0.1, 0.15) is 17.2 Å². The maximum atomic E-state index is 12.6. The number of likely N-dealkylation sites (N-methyl/N-ethyl adjacent to an activating group) is 1. The molecule has 134 valence electrons. The second-order valence-corrected chi connectivity index (χ2v) is 7.68. The van der Waals surface area contributed by atoms with Gasteiger partial charge >= 0.3 is 0 Å². The highest BCUT2D eigenvalue weighted by atomic mass is 32.2. The van der Waals surface area contributed by atoms with Gasteiger partial charge < -0.3 is 10.2 Å². The number of benzene rings is 2. The van der Waals surface area contributed by atoms with Crippen molar-refractivity contribution in [1.82, 2.24) is 10.0 Å². The number of nitrogens with zero attached hydrogens (tertiary/aromatic N) is 1. The molecule has 0 aliphatic carbocycles. The number of rotatable bonds is 6. The van der Waals surface area contributed by atoms with E-state index in [9.17, 15) is 13.2 Å².